The smallest absolute Gasteiger partial charge is 0.443 e. The molecule has 0 saturated heterocycles. The molecule has 0 aliphatic carbocycles. The second-order valence-electron chi connectivity index (χ2n) is 1.60. The van der Waals surface area contributed by atoms with Crippen LogP contribution in [0.5, 0.6) is 0 Å². The molecule has 1 heterocycles. The molecule has 0 amide bonds. The summed E-state index contributed by atoms with van der Waals surface area (Å²) in [5.74, 6) is 0. The predicted molar refractivity (Wildman–Crippen MR) is 29.2 cm³/mol. The number of methoxy groups -OCH3 is 1. The first kappa shape index (κ1) is 9.26. The molecule has 1 aliphatic heterocycles. The largest absolute Gasteiger partial charge is 1.00 e. The zero-order valence-electron chi connectivity index (χ0n) is 5.89. The molecule has 46 valence electrons. The summed E-state index contributed by atoms with van der Waals surface area (Å²) < 4.78 is 9.89. The molecule has 9 heavy (non-hydrogen) atoms. The van der Waals surface area contributed by atoms with Crippen molar-refractivity contribution in [3.8, 4) is 0 Å². The van der Waals surface area contributed by atoms with Gasteiger partial charge >= 0.3 is 18.9 Å². The Labute approximate surface area is 67.4 Å². The molecule has 2 nitrogen and oxygen atoms in total. The van der Waals surface area contributed by atoms with Crippen molar-refractivity contribution < 1.29 is 28.3 Å². The Hall–Kier alpha value is 0.257. The van der Waals surface area contributed by atoms with E-state index in [1.165, 1.54) is 0 Å². The van der Waals surface area contributed by atoms with E-state index in [1.54, 1.807) is 7.11 Å². The molecule has 1 aliphatic rings. The average molecular weight is 120 g/mol. The van der Waals surface area contributed by atoms with E-state index in [0.29, 0.717) is 0 Å². The van der Waals surface area contributed by atoms with Crippen molar-refractivity contribution in [1.29, 1.82) is 0 Å². The van der Waals surface area contributed by atoms with E-state index in [1.807, 2.05) is 6.08 Å². The van der Waals surface area contributed by atoms with Gasteiger partial charge < -0.3 is 15.5 Å². The summed E-state index contributed by atoms with van der Waals surface area (Å²) in [6.07, 6.45) is 5.58. The van der Waals surface area contributed by atoms with E-state index in [4.69, 9.17) is 9.47 Å². The van der Waals surface area contributed by atoms with E-state index < -0.39 is 0 Å². The summed E-state index contributed by atoms with van der Waals surface area (Å²) in [7, 11) is 1.61. The van der Waals surface area contributed by atoms with E-state index in [2.05, 4.69) is 6.08 Å². The van der Waals surface area contributed by atoms with Crippen molar-refractivity contribution in [2.24, 2.45) is 0 Å². The third-order valence-electron chi connectivity index (χ3n) is 0.999. The number of ether oxygens (including phenoxy) is 2. The Morgan fingerprint density at radius 3 is 2.89 bits per heavy atom. The monoisotopic (exact) mass is 120 g/mol. The van der Waals surface area contributed by atoms with Crippen LogP contribution in [0.25, 0.3) is 0 Å². The molecule has 1 rings (SSSR count). The fraction of sp³-hybridized carbons (Fsp3) is 0.667. The van der Waals surface area contributed by atoms with Gasteiger partial charge in [0, 0.05) is 20.0 Å². The van der Waals surface area contributed by atoms with Crippen LogP contribution in [0.15, 0.2) is 6.08 Å². The van der Waals surface area contributed by atoms with E-state index >= 15 is 0 Å². The second-order valence-corrected chi connectivity index (χ2v) is 1.60. The van der Waals surface area contributed by atoms with Gasteiger partial charge in [-0.05, 0) is 6.42 Å². The molecule has 0 saturated carbocycles. The van der Waals surface area contributed by atoms with Crippen LogP contribution in [0.1, 0.15) is 6.42 Å². The van der Waals surface area contributed by atoms with Gasteiger partial charge in [0.05, 0.1) is 0 Å². The Morgan fingerprint density at radius 1 is 1.78 bits per heavy atom. The van der Waals surface area contributed by atoms with Crippen LogP contribution < -0.4 is 18.9 Å². The molecule has 0 spiro atoms. The van der Waals surface area contributed by atoms with E-state index in [9.17, 15) is 0 Å². The summed E-state index contributed by atoms with van der Waals surface area (Å²) in [5, 5.41) is 0. The molecule has 0 fully saturated rings. The third kappa shape index (κ3) is 3.07. The average Bonchev–Trinajstić information content (AvgIpc) is 1.90. The van der Waals surface area contributed by atoms with Gasteiger partial charge in [0.25, 0.3) is 0 Å². The van der Waals surface area contributed by atoms with Gasteiger partial charge in [-0.1, -0.05) is 0 Å². The van der Waals surface area contributed by atoms with Crippen LogP contribution >= 0.6 is 0 Å². The number of hydrogen-bond donors (Lipinski definition) is 0. The van der Waals surface area contributed by atoms with Gasteiger partial charge in [-0.3, -0.25) is 6.08 Å². The molecule has 0 aromatic carbocycles. The molecule has 1 unspecified atom stereocenters. The number of rotatable bonds is 1. The Morgan fingerprint density at radius 2 is 2.56 bits per heavy atom. The van der Waals surface area contributed by atoms with Crippen LogP contribution in [0.2, 0.25) is 0 Å². The normalized spacial score (nSPS) is 25.2. The van der Waals surface area contributed by atoms with Crippen molar-refractivity contribution in [2.75, 3.05) is 13.7 Å². The molecular formula is C6H9LiO2. The SMILES string of the molecule is COC1[C-]=CCCO1.[Li+]. The second kappa shape index (κ2) is 5.07. The molecule has 0 N–H and O–H groups in total. The molecule has 1 atom stereocenters. The summed E-state index contributed by atoms with van der Waals surface area (Å²) in [5.41, 5.74) is 0. The van der Waals surface area contributed by atoms with Gasteiger partial charge in [-0.2, -0.15) is 0 Å². The summed E-state index contributed by atoms with van der Waals surface area (Å²) in [6.45, 7) is 0.755. The van der Waals surface area contributed by atoms with Gasteiger partial charge in [-0.15, -0.1) is 0 Å². The molecule has 0 bridgehead atoms. The third-order valence-corrected chi connectivity index (χ3v) is 0.999. The molecule has 0 aromatic rings. The molecule has 3 heteroatoms. The molecular weight excluding hydrogens is 111 g/mol. The van der Waals surface area contributed by atoms with Gasteiger partial charge in [0.2, 0.25) is 0 Å². The van der Waals surface area contributed by atoms with Crippen molar-refractivity contribution in [3.05, 3.63) is 12.2 Å². The van der Waals surface area contributed by atoms with Crippen molar-refractivity contribution in [3.63, 3.8) is 0 Å². The maximum absolute atomic E-state index is 5.06. The summed E-state index contributed by atoms with van der Waals surface area (Å²) >= 11 is 0. The van der Waals surface area contributed by atoms with Crippen LogP contribution in [0.3, 0.4) is 0 Å². The Balaban J connectivity index is 0.000000640. The van der Waals surface area contributed by atoms with Gasteiger partial charge in [0.1, 0.15) is 0 Å². The van der Waals surface area contributed by atoms with Crippen LogP contribution in [0.4, 0.5) is 0 Å². The summed E-state index contributed by atoms with van der Waals surface area (Å²) in [6, 6.07) is 0. The van der Waals surface area contributed by atoms with Gasteiger partial charge in [-0.25, -0.2) is 0 Å². The fourth-order valence-corrected chi connectivity index (χ4v) is 0.598. The first-order valence-corrected chi connectivity index (χ1v) is 2.65. The van der Waals surface area contributed by atoms with E-state index in [0.717, 1.165) is 13.0 Å². The van der Waals surface area contributed by atoms with Crippen LogP contribution in [-0.2, 0) is 9.47 Å². The van der Waals surface area contributed by atoms with E-state index in [-0.39, 0.29) is 25.2 Å². The first-order valence-electron chi connectivity index (χ1n) is 2.65. The zero-order valence-corrected chi connectivity index (χ0v) is 5.89. The van der Waals surface area contributed by atoms with Crippen molar-refractivity contribution in [1.82, 2.24) is 0 Å². The molecule has 0 radical (unpaired) electrons. The quantitative estimate of drug-likeness (QED) is 0.287. The maximum Gasteiger partial charge on any atom is 1.00 e. The van der Waals surface area contributed by atoms with Gasteiger partial charge in [0.15, 0.2) is 0 Å². The zero-order chi connectivity index (χ0) is 5.82. The van der Waals surface area contributed by atoms with Crippen LogP contribution in [0, 0.1) is 6.08 Å². The first-order chi connectivity index (χ1) is 3.93. The fourth-order valence-electron chi connectivity index (χ4n) is 0.598. The topological polar surface area (TPSA) is 18.5 Å². The maximum atomic E-state index is 5.06. The minimum Gasteiger partial charge on any atom is -0.443 e. The molecule has 0 aromatic heterocycles. The number of hydrogen-bond acceptors (Lipinski definition) is 2. The predicted octanol–water partition coefficient (Wildman–Crippen LogP) is -2.26. The van der Waals surface area contributed by atoms with Crippen molar-refractivity contribution >= 4 is 0 Å². The van der Waals surface area contributed by atoms with Crippen molar-refractivity contribution in [2.45, 2.75) is 12.7 Å². The Bertz CT molecular complexity index is 93.1. The van der Waals surface area contributed by atoms with Crippen LogP contribution in [-0.4, -0.2) is 20.0 Å². The summed E-state index contributed by atoms with van der Waals surface area (Å²) in [4.78, 5) is 0. The minimum atomic E-state index is -0.219. The standard InChI is InChI=1S/C6H9O2.Li/c1-7-6-4-2-3-5-8-6;/h2,6H,3,5H2,1H3;/q-1;+1. The minimum absolute atomic E-state index is 0. The Kier molecular flexibility index (Phi) is 5.22.